The summed E-state index contributed by atoms with van der Waals surface area (Å²) < 4.78 is 36.8. The summed E-state index contributed by atoms with van der Waals surface area (Å²) in [7, 11) is 0. The summed E-state index contributed by atoms with van der Waals surface area (Å²) in [5.74, 6) is -2.00. The average Bonchev–Trinajstić information content (AvgIpc) is 1.97. The molecular formula is C7H2F3N. The average molecular weight is 157 g/mol. The van der Waals surface area contributed by atoms with E-state index >= 15 is 0 Å². The molecule has 11 heavy (non-hydrogen) atoms. The number of hydrogen-bond acceptors (Lipinski definition) is 1. The first-order valence-electron chi connectivity index (χ1n) is 2.63. The Balaban J connectivity index is 3.35. The molecule has 1 aromatic heterocycles. The van der Waals surface area contributed by atoms with Gasteiger partial charge in [-0.1, -0.05) is 0 Å². The van der Waals surface area contributed by atoms with Crippen molar-refractivity contribution in [1.82, 2.24) is 4.98 Å². The van der Waals surface area contributed by atoms with Gasteiger partial charge in [-0.05, 0) is 5.92 Å². The van der Waals surface area contributed by atoms with Gasteiger partial charge < -0.3 is 0 Å². The molecule has 1 rings (SSSR count). The highest BCUT2D eigenvalue weighted by Crippen LogP contribution is 2.07. The minimum absolute atomic E-state index is 0.359. The standard InChI is InChI=1S/C7H2F3N/c1-2-6-4(8)3-5(9)7(10)11-6/h1,3H. The largest absolute Gasteiger partial charge is 0.250 e. The zero-order chi connectivity index (χ0) is 8.43. The van der Waals surface area contributed by atoms with E-state index in [0.717, 1.165) is 0 Å². The fourth-order valence-corrected chi connectivity index (χ4v) is 0.545. The van der Waals surface area contributed by atoms with Crippen LogP contribution in [0.4, 0.5) is 13.2 Å². The van der Waals surface area contributed by atoms with E-state index in [2.05, 4.69) is 4.98 Å². The van der Waals surface area contributed by atoms with Gasteiger partial charge in [-0.15, -0.1) is 6.42 Å². The lowest BCUT2D eigenvalue weighted by Gasteiger charge is -1.94. The lowest BCUT2D eigenvalue weighted by molar-refractivity contribution is 0.462. The van der Waals surface area contributed by atoms with Crippen LogP contribution in [0.3, 0.4) is 0 Å². The third kappa shape index (κ3) is 1.32. The molecule has 0 unspecified atom stereocenters. The van der Waals surface area contributed by atoms with Crippen molar-refractivity contribution in [1.29, 1.82) is 0 Å². The third-order valence-electron chi connectivity index (χ3n) is 1.02. The van der Waals surface area contributed by atoms with Gasteiger partial charge in [-0.2, -0.15) is 4.39 Å². The van der Waals surface area contributed by atoms with E-state index in [-0.39, 0.29) is 0 Å². The monoisotopic (exact) mass is 157 g/mol. The van der Waals surface area contributed by atoms with Crippen LogP contribution in [-0.4, -0.2) is 4.98 Å². The number of aromatic nitrogens is 1. The maximum atomic E-state index is 12.4. The Hall–Kier alpha value is -1.50. The molecule has 0 fully saturated rings. The molecule has 1 nitrogen and oxygen atoms in total. The number of halogens is 3. The molecule has 0 atom stereocenters. The number of pyridine rings is 1. The van der Waals surface area contributed by atoms with E-state index in [0.29, 0.717) is 6.07 Å². The van der Waals surface area contributed by atoms with Crippen molar-refractivity contribution in [3.63, 3.8) is 0 Å². The molecule has 1 heterocycles. The normalized spacial score (nSPS) is 9.27. The van der Waals surface area contributed by atoms with Crippen LogP contribution < -0.4 is 0 Å². The lowest BCUT2D eigenvalue weighted by Crippen LogP contribution is -1.96. The SMILES string of the molecule is C#Cc1nc(F)c(F)cc1F. The van der Waals surface area contributed by atoms with E-state index in [1.807, 2.05) is 0 Å². The number of nitrogens with zero attached hydrogens (tertiary/aromatic N) is 1. The number of terminal acetylenes is 1. The van der Waals surface area contributed by atoms with Gasteiger partial charge >= 0.3 is 0 Å². The molecular weight excluding hydrogens is 155 g/mol. The topological polar surface area (TPSA) is 12.9 Å². The molecule has 0 bridgehead atoms. The molecule has 0 aromatic carbocycles. The molecule has 4 heteroatoms. The first-order chi connectivity index (χ1) is 5.15. The van der Waals surface area contributed by atoms with Gasteiger partial charge in [0.2, 0.25) is 5.95 Å². The molecule has 0 saturated carbocycles. The number of hydrogen-bond donors (Lipinski definition) is 0. The summed E-state index contributed by atoms with van der Waals surface area (Å²) in [5.41, 5.74) is -0.524. The minimum Gasteiger partial charge on any atom is -0.205 e. The van der Waals surface area contributed by atoms with Crippen molar-refractivity contribution in [3.05, 3.63) is 29.3 Å². The summed E-state index contributed by atoms with van der Waals surface area (Å²) >= 11 is 0. The summed E-state index contributed by atoms with van der Waals surface area (Å²) in [6.07, 6.45) is 4.73. The van der Waals surface area contributed by atoms with Crippen LogP contribution in [-0.2, 0) is 0 Å². The fourth-order valence-electron chi connectivity index (χ4n) is 0.545. The predicted molar refractivity (Wildman–Crippen MR) is 32.0 cm³/mol. The molecule has 1 aromatic rings. The predicted octanol–water partition coefficient (Wildman–Crippen LogP) is 1.48. The van der Waals surface area contributed by atoms with Crippen LogP contribution in [0.25, 0.3) is 0 Å². The molecule has 0 saturated heterocycles. The van der Waals surface area contributed by atoms with Gasteiger partial charge in [0.1, 0.15) is 0 Å². The molecule has 0 radical (unpaired) electrons. The first-order valence-corrected chi connectivity index (χ1v) is 2.63. The molecule has 0 aliphatic carbocycles. The Bertz CT molecular complexity index is 327. The van der Waals surface area contributed by atoms with Crippen LogP contribution >= 0.6 is 0 Å². The van der Waals surface area contributed by atoms with Gasteiger partial charge in [-0.25, -0.2) is 13.8 Å². The summed E-state index contributed by atoms with van der Waals surface area (Å²) in [6, 6.07) is 0.359. The number of rotatable bonds is 0. The lowest BCUT2D eigenvalue weighted by atomic mass is 10.3. The molecule has 0 aliphatic rings. The van der Waals surface area contributed by atoms with Crippen molar-refractivity contribution in [2.24, 2.45) is 0 Å². The van der Waals surface area contributed by atoms with Crippen LogP contribution in [0.5, 0.6) is 0 Å². The second kappa shape index (κ2) is 2.62. The Morgan fingerprint density at radius 2 is 1.91 bits per heavy atom. The molecule has 56 valence electrons. The van der Waals surface area contributed by atoms with Crippen LogP contribution in [0.1, 0.15) is 5.69 Å². The van der Waals surface area contributed by atoms with Gasteiger partial charge in [0.05, 0.1) is 0 Å². The van der Waals surface area contributed by atoms with Gasteiger partial charge in [0, 0.05) is 6.07 Å². The molecule has 0 N–H and O–H groups in total. The van der Waals surface area contributed by atoms with E-state index in [4.69, 9.17) is 6.42 Å². The summed E-state index contributed by atoms with van der Waals surface area (Å²) in [4.78, 5) is 2.84. The third-order valence-corrected chi connectivity index (χ3v) is 1.02. The maximum Gasteiger partial charge on any atom is 0.250 e. The second-order valence-electron chi connectivity index (χ2n) is 1.74. The van der Waals surface area contributed by atoms with Crippen molar-refractivity contribution in [3.8, 4) is 12.3 Å². The van der Waals surface area contributed by atoms with Crippen LogP contribution in [0, 0.1) is 29.9 Å². The molecule has 0 aliphatic heterocycles. The Morgan fingerprint density at radius 3 is 2.45 bits per heavy atom. The van der Waals surface area contributed by atoms with Crippen LogP contribution in [0.15, 0.2) is 6.07 Å². The molecule has 0 spiro atoms. The van der Waals surface area contributed by atoms with Gasteiger partial charge in [0.25, 0.3) is 0 Å². The van der Waals surface area contributed by atoms with Gasteiger partial charge in [-0.3, -0.25) is 0 Å². The Kier molecular flexibility index (Phi) is 1.81. The van der Waals surface area contributed by atoms with Crippen LogP contribution in [0.2, 0.25) is 0 Å². The summed E-state index contributed by atoms with van der Waals surface area (Å²) in [5, 5.41) is 0. The highest BCUT2D eigenvalue weighted by molar-refractivity contribution is 5.25. The molecule has 0 amide bonds. The highest BCUT2D eigenvalue weighted by atomic mass is 19.2. The summed E-state index contributed by atoms with van der Waals surface area (Å²) in [6.45, 7) is 0. The second-order valence-corrected chi connectivity index (χ2v) is 1.74. The van der Waals surface area contributed by atoms with Crippen molar-refractivity contribution in [2.75, 3.05) is 0 Å². The quantitative estimate of drug-likeness (QED) is 0.410. The first kappa shape index (κ1) is 7.61. The zero-order valence-electron chi connectivity index (χ0n) is 5.24. The minimum atomic E-state index is -1.39. The smallest absolute Gasteiger partial charge is 0.205 e. The van der Waals surface area contributed by atoms with E-state index < -0.39 is 23.3 Å². The van der Waals surface area contributed by atoms with Crippen molar-refractivity contribution in [2.45, 2.75) is 0 Å². The van der Waals surface area contributed by atoms with Gasteiger partial charge in [0.15, 0.2) is 17.3 Å². The highest BCUT2D eigenvalue weighted by Gasteiger charge is 2.08. The Labute approximate surface area is 60.9 Å². The maximum absolute atomic E-state index is 12.4. The fraction of sp³-hybridized carbons (Fsp3) is 0. The van der Waals surface area contributed by atoms with E-state index in [1.54, 1.807) is 5.92 Å². The van der Waals surface area contributed by atoms with E-state index in [1.165, 1.54) is 0 Å². The zero-order valence-corrected chi connectivity index (χ0v) is 5.24. The van der Waals surface area contributed by atoms with Crippen molar-refractivity contribution >= 4 is 0 Å². The Morgan fingerprint density at radius 1 is 1.27 bits per heavy atom. The van der Waals surface area contributed by atoms with E-state index in [9.17, 15) is 13.2 Å². The van der Waals surface area contributed by atoms with Crippen molar-refractivity contribution < 1.29 is 13.2 Å².